The summed E-state index contributed by atoms with van der Waals surface area (Å²) in [7, 11) is 3.32. The standard InChI is InChI=1S/C17H21N3O2/c1-11-19-15-6-4-5-14(15)17(20-11)18-10-12-7-8-13(21-2)9-16(12)22-3/h7-9H,4-6,10H2,1-3H3,(H,18,19,20). The van der Waals surface area contributed by atoms with E-state index in [2.05, 4.69) is 15.3 Å². The number of hydrogen-bond donors (Lipinski definition) is 1. The van der Waals surface area contributed by atoms with Gasteiger partial charge in [0, 0.05) is 29.4 Å². The van der Waals surface area contributed by atoms with Gasteiger partial charge in [-0.15, -0.1) is 0 Å². The minimum absolute atomic E-state index is 0.663. The number of aromatic nitrogens is 2. The zero-order valence-corrected chi connectivity index (χ0v) is 13.3. The van der Waals surface area contributed by atoms with Crippen LogP contribution in [0.4, 0.5) is 5.82 Å². The molecule has 0 radical (unpaired) electrons. The lowest BCUT2D eigenvalue weighted by Gasteiger charge is -2.14. The van der Waals surface area contributed by atoms with Gasteiger partial charge in [0.2, 0.25) is 0 Å². The Kier molecular flexibility index (Phi) is 4.13. The summed E-state index contributed by atoms with van der Waals surface area (Å²) in [5, 5.41) is 3.44. The number of hydrogen-bond acceptors (Lipinski definition) is 5. The normalized spacial score (nSPS) is 12.9. The molecular weight excluding hydrogens is 278 g/mol. The first-order valence-electron chi connectivity index (χ1n) is 7.52. The molecule has 0 saturated carbocycles. The highest BCUT2D eigenvalue weighted by Crippen LogP contribution is 2.28. The Labute approximate surface area is 130 Å². The summed E-state index contributed by atoms with van der Waals surface area (Å²) in [4.78, 5) is 9.09. The van der Waals surface area contributed by atoms with E-state index in [4.69, 9.17) is 9.47 Å². The molecule has 2 aromatic rings. The van der Waals surface area contributed by atoms with Crippen LogP contribution >= 0.6 is 0 Å². The fraction of sp³-hybridized carbons (Fsp3) is 0.412. The first-order valence-corrected chi connectivity index (χ1v) is 7.52. The second-order valence-electron chi connectivity index (χ2n) is 5.43. The predicted octanol–water partition coefficient (Wildman–Crippen LogP) is 2.90. The lowest BCUT2D eigenvalue weighted by atomic mass is 10.1. The number of nitrogens with zero attached hydrogens (tertiary/aromatic N) is 2. The zero-order valence-electron chi connectivity index (χ0n) is 13.3. The molecule has 0 spiro atoms. The fourth-order valence-electron chi connectivity index (χ4n) is 2.88. The molecule has 0 amide bonds. The van der Waals surface area contributed by atoms with E-state index in [-0.39, 0.29) is 0 Å². The van der Waals surface area contributed by atoms with E-state index in [9.17, 15) is 0 Å². The monoisotopic (exact) mass is 299 g/mol. The molecule has 1 aromatic carbocycles. The van der Waals surface area contributed by atoms with E-state index in [0.717, 1.165) is 48.0 Å². The van der Waals surface area contributed by atoms with Crippen LogP contribution in [0.2, 0.25) is 0 Å². The number of ether oxygens (including phenoxy) is 2. The Morgan fingerprint density at radius 2 is 2.00 bits per heavy atom. The molecule has 0 bridgehead atoms. The number of fused-ring (bicyclic) bond motifs is 1. The molecule has 5 nitrogen and oxygen atoms in total. The summed E-state index contributed by atoms with van der Waals surface area (Å²) in [5.74, 6) is 3.39. The quantitative estimate of drug-likeness (QED) is 0.920. The van der Waals surface area contributed by atoms with Crippen molar-refractivity contribution in [2.45, 2.75) is 32.7 Å². The van der Waals surface area contributed by atoms with E-state index in [0.29, 0.717) is 6.54 Å². The molecular formula is C17H21N3O2. The molecule has 116 valence electrons. The van der Waals surface area contributed by atoms with E-state index in [1.807, 2.05) is 25.1 Å². The zero-order chi connectivity index (χ0) is 15.5. The van der Waals surface area contributed by atoms with Gasteiger partial charge >= 0.3 is 0 Å². The summed E-state index contributed by atoms with van der Waals surface area (Å²) in [6, 6.07) is 5.85. The summed E-state index contributed by atoms with van der Waals surface area (Å²) < 4.78 is 10.7. The maximum atomic E-state index is 5.44. The Bertz CT molecular complexity index is 686. The molecule has 1 aliphatic carbocycles. The van der Waals surface area contributed by atoms with Gasteiger partial charge in [-0.3, -0.25) is 0 Å². The van der Waals surface area contributed by atoms with Crippen LogP contribution in [-0.4, -0.2) is 24.2 Å². The van der Waals surface area contributed by atoms with Gasteiger partial charge in [-0.2, -0.15) is 0 Å². The maximum absolute atomic E-state index is 5.44. The summed E-state index contributed by atoms with van der Waals surface area (Å²) in [5.41, 5.74) is 3.53. The van der Waals surface area contributed by atoms with Crippen LogP contribution in [0, 0.1) is 6.92 Å². The summed E-state index contributed by atoms with van der Waals surface area (Å²) in [6.45, 7) is 2.60. The van der Waals surface area contributed by atoms with Crippen molar-refractivity contribution >= 4 is 5.82 Å². The number of nitrogens with one attached hydrogen (secondary N) is 1. The largest absolute Gasteiger partial charge is 0.497 e. The van der Waals surface area contributed by atoms with Gasteiger partial charge in [-0.05, 0) is 38.3 Å². The van der Waals surface area contributed by atoms with Crippen molar-refractivity contribution in [1.82, 2.24) is 9.97 Å². The fourth-order valence-corrected chi connectivity index (χ4v) is 2.88. The van der Waals surface area contributed by atoms with Crippen LogP contribution < -0.4 is 14.8 Å². The highest BCUT2D eigenvalue weighted by molar-refractivity contribution is 5.50. The highest BCUT2D eigenvalue weighted by Gasteiger charge is 2.18. The Balaban J connectivity index is 1.81. The number of aryl methyl sites for hydroxylation is 2. The van der Waals surface area contributed by atoms with E-state index >= 15 is 0 Å². The second kappa shape index (κ2) is 6.22. The van der Waals surface area contributed by atoms with Gasteiger partial charge in [0.15, 0.2) is 0 Å². The van der Waals surface area contributed by atoms with E-state index < -0.39 is 0 Å². The lowest BCUT2D eigenvalue weighted by molar-refractivity contribution is 0.391. The molecule has 3 rings (SSSR count). The van der Waals surface area contributed by atoms with Gasteiger partial charge in [0.1, 0.15) is 23.1 Å². The minimum atomic E-state index is 0.663. The topological polar surface area (TPSA) is 56.3 Å². The highest BCUT2D eigenvalue weighted by atomic mass is 16.5. The van der Waals surface area contributed by atoms with Crippen molar-refractivity contribution in [2.24, 2.45) is 0 Å². The molecule has 0 aliphatic heterocycles. The van der Waals surface area contributed by atoms with E-state index in [1.54, 1.807) is 14.2 Å². The number of methoxy groups -OCH3 is 2. The van der Waals surface area contributed by atoms with Gasteiger partial charge in [-0.1, -0.05) is 0 Å². The maximum Gasteiger partial charge on any atom is 0.133 e. The van der Waals surface area contributed by atoms with Crippen molar-refractivity contribution in [3.8, 4) is 11.5 Å². The lowest BCUT2D eigenvalue weighted by Crippen LogP contribution is -2.08. The number of benzene rings is 1. The van der Waals surface area contributed by atoms with Gasteiger partial charge in [-0.25, -0.2) is 9.97 Å². The number of rotatable bonds is 5. The molecule has 1 aliphatic rings. The van der Waals surface area contributed by atoms with Crippen LogP contribution in [-0.2, 0) is 19.4 Å². The SMILES string of the molecule is COc1ccc(CNc2nc(C)nc3c2CCC3)c(OC)c1. The molecule has 1 aromatic heterocycles. The van der Waals surface area contributed by atoms with Crippen LogP contribution in [0.5, 0.6) is 11.5 Å². The van der Waals surface area contributed by atoms with Crippen LogP contribution in [0.15, 0.2) is 18.2 Å². The molecule has 22 heavy (non-hydrogen) atoms. The second-order valence-corrected chi connectivity index (χ2v) is 5.43. The van der Waals surface area contributed by atoms with Crippen LogP contribution in [0.1, 0.15) is 29.1 Å². The van der Waals surface area contributed by atoms with Crippen molar-refractivity contribution in [1.29, 1.82) is 0 Å². The first-order chi connectivity index (χ1) is 10.7. The first kappa shape index (κ1) is 14.6. The molecule has 1 N–H and O–H groups in total. The molecule has 0 unspecified atom stereocenters. The minimum Gasteiger partial charge on any atom is -0.497 e. The van der Waals surface area contributed by atoms with Gasteiger partial charge in [0.25, 0.3) is 0 Å². The summed E-state index contributed by atoms with van der Waals surface area (Å²) >= 11 is 0. The van der Waals surface area contributed by atoms with Gasteiger partial charge in [0.05, 0.1) is 14.2 Å². The van der Waals surface area contributed by atoms with E-state index in [1.165, 1.54) is 11.3 Å². The Morgan fingerprint density at radius 1 is 1.14 bits per heavy atom. The summed E-state index contributed by atoms with van der Waals surface area (Å²) in [6.07, 6.45) is 3.27. The van der Waals surface area contributed by atoms with Crippen molar-refractivity contribution in [2.75, 3.05) is 19.5 Å². The molecule has 1 heterocycles. The third-order valence-corrected chi connectivity index (χ3v) is 3.99. The van der Waals surface area contributed by atoms with Crippen LogP contribution in [0.3, 0.4) is 0 Å². The third kappa shape index (κ3) is 2.84. The third-order valence-electron chi connectivity index (χ3n) is 3.99. The molecule has 0 saturated heterocycles. The molecule has 0 atom stereocenters. The Morgan fingerprint density at radius 3 is 2.77 bits per heavy atom. The average molecular weight is 299 g/mol. The van der Waals surface area contributed by atoms with Crippen molar-refractivity contribution in [3.63, 3.8) is 0 Å². The Hall–Kier alpha value is -2.30. The van der Waals surface area contributed by atoms with Gasteiger partial charge < -0.3 is 14.8 Å². The number of anilines is 1. The van der Waals surface area contributed by atoms with Crippen molar-refractivity contribution in [3.05, 3.63) is 40.8 Å². The predicted molar refractivity (Wildman–Crippen MR) is 85.7 cm³/mol. The van der Waals surface area contributed by atoms with Crippen LogP contribution in [0.25, 0.3) is 0 Å². The molecule has 0 fully saturated rings. The molecule has 5 heteroatoms. The smallest absolute Gasteiger partial charge is 0.133 e. The average Bonchev–Trinajstić information content (AvgIpc) is 3.00. The van der Waals surface area contributed by atoms with Crippen molar-refractivity contribution < 1.29 is 9.47 Å².